The van der Waals surface area contributed by atoms with Crippen LogP contribution in [0.25, 0.3) is 0 Å². The Morgan fingerprint density at radius 2 is 2.00 bits per heavy atom. The van der Waals surface area contributed by atoms with Crippen molar-refractivity contribution in [3.05, 3.63) is 0 Å². The Hall–Kier alpha value is -0.570. The molecule has 0 saturated heterocycles. The van der Waals surface area contributed by atoms with Gasteiger partial charge in [0.2, 0.25) is 5.91 Å². The Morgan fingerprint density at radius 3 is 2.36 bits per heavy atom. The molecule has 1 N–H and O–H groups in total. The van der Waals surface area contributed by atoms with E-state index in [0.29, 0.717) is 6.04 Å². The first-order valence-corrected chi connectivity index (χ1v) is 5.14. The van der Waals surface area contributed by atoms with Gasteiger partial charge in [0.25, 0.3) is 0 Å². The molecule has 1 aliphatic rings. The lowest BCUT2D eigenvalue weighted by molar-refractivity contribution is -0.130. The van der Waals surface area contributed by atoms with Gasteiger partial charge in [-0.15, -0.1) is 0 Å². The maximum absolute atomic E-state index is 11.4. The van der Waals surface area contributed by atoms with Crippen LogP contribution in [0, 0.1) is 5.41 Å². The molecule has 3 heteroatoms. The molecule has 1 fully saturated rings. The second-order valence-electron chi connectivity index (χ2n) is 5.71. The van der Waals surface area contributed by atoms with Crippen LogP contribution in [0.1, 0.15) is 41.0 Å². The van der Waals surface area contributed by atoms with E-state index >= 15 is 0 Å². The number of hydrogen-bond donors (Lipinski definition) is 1. The lowest BCUT2D eigenvalue weighted by Gasteiger charge is -2.19. The summed E-state index contributed by atoms with van der Waals surface area (Å²) in [5.74, 6) is -0.00417. The van der Waals surface area contributed by atoms with Gasteiger partial charge in [-0.25, -0.2) is 0 Å². The molecule has 0 heterocycles. The second-order valence-corrected chi connectivity index (χ2v) is 5.71. The lowest BCUT2D eigenvalue weighted by Crippen LogP contribution is -2.34. The van der Waals surface area contributed by atoms with Crippen molar-refractivity contribution in [2.75, 3.05) is 6.61 Å². The van der Waals surface area contributed by atoms with Crippen LogP contribution in [0.3, 0.4) is 0 Å². The fourth-order valence-electron chi connectivity index (χ4n) is 1.23. The molecule has 82 valence electrons. The third-order valence-corrected chi connectivity index (χ3v) is 2.48. The summed E-state index contributed by atoms with van der Waals surface area (Å²) in [6.45, 7) is 10.3. The van der Waals surface area contributed by atoms with E-state index in [2.05, 4.69) is 19.2 Å². The zero-order valence-electron chi connectivity index (χ0n) is 9.81. The van der Waals surface area contributed by atoms with Gasteiger partial charge in [-0.05, 0) is 32.6 Å². The number of carbonyl (C=O) groups is 1. The van der Waals surface area contributed by atoms with Gasteiger partial charge in [0.1, 0.15) is 6.61 Å². The third kappa shape index (κ3) is 3.66. The first-order chi connectivity index (χ1) is 6.21. The largest absolute Gasteiger partial charge is 0.366 e. The van der Waals surface area contributed by atoms with E-state index in [0.717, 1.165) is 6.42 Å². The minimum atomic E-state index is -0.240. The van der Waals surface area contributed by atoms with Gasteiger partial charge < -0.3 is 10.1 Å². The molecule has 1 saturated carbocycles. The van der Waals surface area contributed by atoms with Crippen LogP contribution < -0.4 is 5.32 Å². The Bertz CT molecular complexity index is 228. The summed E-state index contributed by atoms with van der Waals surface area (Å²) in [4.78, 5) is 11.4. The molecule has 1 rings (SSSR count). The number of rotatable bonds is 3. The first-order valence-electron chi connectivity index (χ1n) is 5.14. The maximum Gasteiger partial charge on any atom is 0.246 e. The highest BCUT2D eigenvalue weighted by Gasteiger charge is 2.46. The summed E-state index contributed by atoms with van der Waals surface area (Å²) in [7, 11) is 0. The Balaban J connectivity index is 2.18. The molecule has 0 bridgehead atoms. The Kier molecular flexibility index (Phi) is 2.91. The van der Waals surface area contributed by atoms with Gasteiger partial charge in [-0.2, -0.15) is 0 Å². The van der Waals surface area contributed by atoms with Gasteiger partial charge in [0.15, 0.2) is 0 Å². The van der Waals surface area contributed by atoms with Crippen LogP contribution in [0.5, 0.6) is 0 Å². The predicted molar refractivity (Wildman–Crippen MR) is 56.0 cm³/mol. The van der Waals surface area contributed by atoms with Gasteiger partial charge in [0.05, 0.1) is 5.60 Å². The molecule has 0 aromatic heterocycles. The molecule has 0 aliphatic heterocycles. The van der Waals surface area contributed by atoms with Gasteiger partial charge in [-0.1, -0.05) is 13.8 Å². The van der Waals surface area contributed by atoms with Crippen LogP contribution in [0.15, 0.2) is 0 Å². The van der Waals surface area contributed by atoms with E-state index in [-0.39, 0.29) is 23.5 Å². The Labute approximate surface area is 86.2 Å². The minimum absolute atomic E-state index is 0.00417. The third-order valence-electron chi connectivity index (χ3n) is 2.48. The van der Waals surface area contributed by atoms with Crippen molar-refractivity contribution >= 4 is 5.91 Å². The molecule has 14 heavy (non-hydrogen) atoms. The van der Waals surface area contributed by atoms with Crippen LogP contribution in [-0.4, -0.2) is 24.2 Å². The van der Waals surface area contributed by atoms with Crippen LogP contribution >= 0.6 is 0 Å². The molecule has 1 amide bonds. The fraction of sp³-hybridized carbons (Fsp3) is 0.909. The standard InChI is InChI=1S/C11H21NO2/c1-10(2,3)14-7-9(13)12-8-6-11(8,4)5/h8H,6-7H2,1-5H3,(H,12,13). The van der Waals surface area contributed by atoms with Crippen molar-refractivity contribution < 1.29 is 9.53 Å². The van der Waals surface area contributed by atoms with E-state index in [1.54, 1.807) is 0 Å². The molecule has 3 nitrogen and oxygen atoms in total. The highest BCUT2D eigenvalue weighted by molar-refractivity contribution is 5.78. The average molecular weight is 199 g/mol. The molecule has 1 unspecified atom stereocenters. The van der Waals surface area contributed by atoms with E-state index in [1.807, 2.05) is 20.8 Å². The number of amides is 1. The maximum atomic E-state index is 11.4. The summed E-state index contributed by atoms with van der Waals surface area (Å²) in [5.41, 5.74) is 0.0494. The number of nitrogens with one attached hydrogen (secondary N) is 1. The van der Waals surface area contributed by atoms with Crippen molar-refractivity contribution in [2.45, 2.75) is 52.7 Å². The zero-order valence-corrected chi connectivity index (χ0v) is 9.81. The van der Waals surface area contributed by atoms with Crippen molar-refractivity contribution in [3.8, 4) is 0 Å². The van der Waals surface area contributed by atoms with Gasteiger partial charge in [-0.3, -0.25) is 4.79 Å². The average Bonchev–Trinajstić information content (AvgIpc) is 2.53. The quantitative estimate of drug-likeness (QED) is 0.751. The fourth-order valence-corrected chi connectivity index (χ4v) is 1.23. The summed E-state index contributed by atoms with van der Waals surface area (Å²) < 4.78 is 5.38. The molecule has 0 radical (unpaired) electrons. The topological polar surface area (TPSA) is 38.3 Å². The summed E-state index contributed by atoms with van der Waals surface area (Å²) in [6, 6.07) is 0.346. The van der Waals surface area contributed by atoms with E-state index in [9.17, 15) is 4.79 Å². The normalized spacial score (nSPS) is 24.5. The van der Waals surface area contributed by atoms with Crippen molar-refractivity contribution in [1.29, 1.82) is 0 Å². The number of hydrogen-bond acceptors (Lipinski definition) is 2. The zero-order chi connectivity index (χ0) is 11.0. The van der Waals surface area contributed by atoms with Crippen molar-refractivity contribution in [3.63, 3.8) is 0 Å². The number of ether oxygens (including phenoxy) is 1. The molecule has 1 atom stereocenters. The van der Waals surface area contributed by atoms with Crippen LogP contribution in [0.2, 0.25) is 0 Å². The van der Waals surface area contributed by atoms with Crippen LogP contribution in [0.4, 0.5) is 0 Å². The molecule has 0 aromatic rings. The molecule has 1 aliphatic carbocycles. The van der Waals surface area contributed by atoms with E-state index in [4.69, 9.17) is 4.74 Å². The predicted octanol–water partition coefficient (Wildman–Crippen LogP) is 1.72. The summed E-state index contributed by atoms with van der Waals surface area (Å²) in [6.07, 6.45) is 1.08. The SMILES string of the molecule is CC(C)(C)OCC(=O)NC1CC1(C)C. The number of carbonyl (C=O) groups excluding carboxylic acids is 1. The monoisotopic (exact) mass is 199 g/mol. The Morgan fingerprint density at radius 1 is 1.50 bits per heavy atom. The summed E-state index contributed by atoms with van der Waals surface area (Å²) in [5, 5.41) is 2.95. The van der Waals surface area contributed by atoms with Crippen molar-refractivity contribution in [2.24, 2.45) is 5.41 Å². The lowest BCUT2D eigenvalue weighted by atomic mass is 10.2. The molecule has 0 spiro atoms. The van der Waals surface area contributed by atoms with E-state index in [1.165, 1.54) is 0 Å². The highest BCUT2D eigenvalue weighted by atomic mass is 16.5. The van der Waals surface area contributed by atoms with Gasteiger partial charge in [0, 0.05) is 6.04 Å². The van der Waals surface area contributed by atoms with Gasteiger partial charge >= 0.3 is 0 Å². The van der Waals surface area contributed by atoms with E-state index < -0.39 is 0 Å². The van der Waals surface area contributed by atoms with Crippen LogP contribution in [-0.2, 0) is 9.53 Å². The smallest absolute Gasteiger partial charge is 0.246 e. The van der Waals surface area contributed by atoms with Crippen molar-refractivity contribution in [1.82, 2.24) is 5.32 Å². The minimum Gasteiger partial charge on any atom is -0.366 e. The molecular formula is C11H21NO2. The second kappa shape index (κ2) is 3.54. The molecular weight excluding hydrogens is 178 g/mol. The highest BCUT2D eigenvalue weighted by Crippen LogP contribution is 2.44. The first kappa shape index (κ1) is 11.5. The molecule has 0 aromatic carbocycles. The summed E-state index contributed by atoms with van der Waals surface area (Å²) >= 11 is 0.